The molecule has 3 amide bonds. The van der Waals surface area contributed by atoms with Crippen molar-refractivity contribution in [3.8, 4) is 0 Å². The summed E-state index contributed by atoms with van der Waals surface area (Å²) in [5.41, 5.74) is 3.06. The Balaban J connectivity index is 1.45. The van der Waals surface area contributed by atoms with Gasteiger partial charge in [0.25, 0.3) is 0 Å². The van der Waals surface area contributed by atoms with Crippen LogP contribution >= 0.6 is 0 Å². The number of benzene rings is 2. The molecule has 5 heteroatoms. The Labute approximate surface area is 141 Å². The first-order valence-corrected chi connectivity index (χ1v) is 8.24. The molecule has 0 unspecified atom stereocenters. The van der Waals surface area contributed by atoms with Crippen molar-refractivity contribution in [1.82, 2.24) is 4.90 Å². The number of para-hydroxylation sites is 2. The molecule has 24 heavy (non-hydrogen) atoms. The first-order valence-electron chi connectivity index (χ1n) is 8.24. The molecule has 2 aliphatic rings. The third-order valence-corrected chi connectivity index (χ3v) is 4.68. The minimum atomic E-state index is -0.0953. The maximum Gasteiger partial charge on any atom is 0.325 e. The summed E-state index contributed by atoms with van der Waals surface area (Å²) in [6, 6.07) is 17.5. The van der Waals surface area contributed by atoms with Crippen molar-refractivity contribution in [3.05, 3.63) is 60.2 Å². The molecule has 0 saturated carbocycles. The molecule has 0 atom stereocenters. The Morgan fingerprint density at radius 2 is 1.67 bits per heavy atom. The minimum absolute atomic E-state index is 0.0109. The highest BCUT2D eigenvalue weighted by Gasteiger charge is 2.33. The van der Waals surface area contributed by atoms with E-state index >= 15 is 0 Å². The number of fused-ring (bicyclic) bond motifs is 1. The first kappa shape index (κ1) is 14.8. The van der Waals surface area contributed by atoms with Gasteiger partial charge in [-0.15, -0.1) is 0 Å². The average molecular weight is 321 g/mol. The molecule has 2 heterocycles. The smallest absolute Gasteiger partial charge is 0.313 e. The zero-order valence-corrected chi connectivity index (χ0v) is 13.4. The molecule has 5 nitrogen and oxygen atoms in total. The summed E-state index contributed by atoms with van der Waals surface area (Å²) >= 11 is 0. The molecule has 2 aliphatic heterocycles. The summed E-state index contributed by atoms with van der Waals surface area (Å²) in [6.45, 7) is 2.03. The van der Waals surface area contributed by atoms with Gasteiger partial charge in [-0.2, -0.15) is 0 Å². The van der Waals surface area contributed by atoms with Gasteiger partial charge in [-0.25, -0.2) is 4.79 Å². The molecule has 0 spiro atoms. The molecule has 0 radical (unpaired) electrons. The van der Waals surface area contributed by atoms with Crippen LogP contribution in [0.5, 0.6) is 0 Å². The maximum absolute atomic E-state index is 12.7. The Hall–Kier alpha value is -2.82. The number of urea groups is 1. The molecule has 1 fully saturated rings. The van der Waals surface area contributed by atoms with Gasteiger partial charge in [0.05, 0.1) is 0 Å². The standard InChI is InChI=1S/C19H19N3O2/c23-18(22-11-10-15-6-4-5-9-17(15)22)14-20-12-13-21(19(20)24)16-7-2-1-3-8-16/h1-9H,10-14H2. The number of amides is 3. The third-order valence-electron chi connectivity index (χ3n) is 4.68. The molecule has 4 rings (SSSR count). The molecule has 1 saturated heterocycles. The quantitative estimate of drug-likeness (QED) is 0.872. The topological polar surface area (TPSA) is 43.9 Å². The van der Waals surface area contributed by atoms with E-state index in [1.165, 1.54) is 5.56 Å². The summed E-state index contributed by atoms with van der Waals surface area (Å²) in [6.07, 6.45) is 0.881. The molecule has 0 N–H and O–H groups in total. The Morgan fingerprint density at radius 3 is 2.50 bits per heavy atom. The van der Waals surface area contributed by atoms with Crippen LogP contribution < -0.4 is 9.80 Å². The van der Waals surface area contributed by atoms with Crippen LogP contribution in [0.1, 0.15) is 5.56 Å². The maximum atomic E-state index is 12.7. The van der Waals surface area contributed by atoms with E-state index in [9.17, 15) is 9.59 Å². The molecule has 2 aromatic rings. The van der Waals surface area contributed by atoms with Crippen LogP contribution in [0.15, 0.2) is 54.6 Å². The van der Waals surface area contributed by atoms with Crippen LogP contribution in [0, 0.1) is 0 Å². The molecule has 122 valence electrons. The second kappa shape index (κ2) is 6.00. The molecular weight excluding hydrogens is 302 g/mol. The monoisotopic (exact) mass is 321 g/mol. The van der Waals surface area contributed by atoms with Crippen LogP contribution in [-0.2, 0) is 11.2 Å². The minimum Gasteiger partial charge on any atom is -0.313 e. The molecule has 0 aromatic heterocycles. The highest BCUT2D eigenvalue weighted by atomic mass is 16.2. The van der Waals surface area contributed by atoms with Crippen molar-refractivity contribution in [2.75, 3.05) is 36.0 Å². The normalized spacial score (nSPS) is 16.7. The van der Waals surface area contributed by atoms with Crippen LogP contribution in [0.3, 0.4) is 0 Å². The van der Waals surface area contributed by atoms with Crippen molar-refractivity contribution < 1.29 is 9.59 Å². The van der Waals surface area contributed by atoms with E-state index in [4.69, 9.17) is 0 Å². The Kier molecular flexibility index (Phi) is 3.69. The van der Waals surface area contributed by atoms with Gasteiger partial charge in [0.1, 0.15) is 6.54 Å². The number of nitrogens with zero attached hydrogens (tertiary/aromatic N) is 3. The van der Waals surface area contributed by atoms with Gasteiger partial charge < -0.3 is 9.80 Å². The van der Waals surface area contributed by atoms with E-state index in [-0.39, 0.29) is 18.5 Å². The van der Waals surface area contributed by atoms with Gasteiger partial charge in [0, 0.05) is 31.0 Å². The Morgan fingerprint density at radius 1 is 0.917 bits per heavy atom. The number of hydrogen-bond donors (Lipinski definition) is 0. The highest BCUT2D eigenvalue weighted by molar-refractivity contribution is 6.01. The van der Waals surface area contributed by atoms with Gasteiger partial charge in [-0.1, -0.05) is 36.4 Å². The lowest BCUT2D eigenvalue weighted by molar-refractivity contribution is -0.118. The second-order valence-electron chi connectivity index (χ2n) is 6.12. The highest BCUT2D eigenvalue weighted by Crippen LogP contribution is 2.28. The number of carbonyl (C=O) groups is 2. The largest absolute Gasteiger partial charge is 0.325 e. The fraction of sp³-hybridized carbons (Fsp3) is 0.263. The summed E-state index contributed by atoms with van der Waals surface area (Å²) in [4.78, 5) is 30.4. The van der Waals surface area contributed by atoms with E-state index in [0.29, 0.717) is 19.6 Å². The molecule has 0 bridgehead atoms. The lowest BCUT2D eigenvalue weighted by Gasteiger charge is -2.22. The predicted octanol–water partition coefficient (Wildman–Crippen LogP) is 2.52. The SMILES string of the molecule is O=C1N(CC(=O)N2CCc3ccccc32)CCN1c1ccccc1. The van der Waals surface area contributed by atoms with Gasteiger partial charge >= 0.3 is 6.03 Å². The average Bonchev–Trinajstić information content (AvgIpc) is 3.20. The summed E-state index contributed by atoms with van der Waals surface area (Å²) in [7, 11) is 0. The number of rotatable bonds is 3. The van der Waals surface area contributed by atoms with Crippen LogP contribution in [0.4, 0.5) is 16.2 Å². The zero-order valence-electron chi connectivity index (χ0n) is 13.4. The van der Waals surface area contributed by atoms with Gasteiger partial charge in [-0.05, 0) is 30.2 Å². The summed E-state index contributed by atoms with van der Waals surface area (Å²) in [5.74, 6) is -0.0109. The lowest BCUT2D eigenvalue weighted by atomic mass is 10.2. The number of anilines is 2. The van der Waals surface area contributed by atoms with Crippen molar-refractivity contribution in [2.24, 2.45) is 0 Å². The van der Waals surface area contributed by atoms with E-state index in [2.05, 4.69) is 6.07 Å². The van der Waals surface area contributed by atoms with Crippen LogP contribution in [-0.4, -0.2) is 43.0 Å². The predicted molar refractivity (Wildman–Crippen MR) is 93.3 cm³/mol. The van der Waals surface area contributed by atoms with Crippen molar-refractivity contribution in [2.45, 2.75) is 6.42 Å². The second-order valence-corrected chi connectivity index (χ2v) is 6.12. The van der Waals surface area contributed by atoms with Crippen molar-refractivity contribution in [3.63, 3.8) is 0 Å². The summed E-state index contributed by atoms with van der Waals surface area (Å²) < 4.78 is 0. The number of carbonyl (C=O) groups excluding carboxylic acids is 2. The van der Waals surface area contributed by atoms with Crippen molar-refractivity contribution >= 4 is 23.3 Å². The fourth-order valence-electron chi connectivity index (χ4n) is 3.42. The first-order chi connectivity index (χ1) is 11.7. The van der Waals surface area contributed by atoms with E-state index in [0.717, 1.165) is 17.8 Å². The van der Waals surface area contributed by atoms with Gasteiger partial charge in [0.15, 0.2) is 0 Å². The number of hydrogen-bond acceptors (Lipinski definition) is 2. The Bertz CT molecular complexity index is 775. The molecular formula is C19H19N3O2. The summed E-state index contributed by atoms with van der Waals surface area (Å²) in [5, 5.41) is 0. The van der Waals surface area contributed by atoms with E-state index in [1.807, 2.05) is 48.5 Å². The van der Waals surface area contributed by atoms with Crippen LogP contribution in [0.2, 0.25) is 0 Å². The molecule has 0 aliphatic carbocycles. The van der Waals surface area contributed by atoms with E-state index < -0.39 is 0 Å². The lowest BCUT2D eigenvalue weighted by Crippen LogP contribution is -2.41. The molecule has 2 aromatic carbocycles. The van der Waals surface area contributed by atoms with Crippen molar-refractivity contribution in [1.29, 1.82) is 0 Å². The van der Waals surface area contributed by atoms with Gasteiger partial charge in [0.2, 0.25) is 5.91 Å². The van der Waals surface area contributed by atoms with E-state index in [1.54, 1.807) is 14.7 Å². The van der Waals surface area contributed by atoms with Gasteiger partial charge in [-0.3, -0.25) is 9.69 Å². The third kappa shape index (κ3) is 2.52. The zero-order chi connectivity index (χ0) is 16.5. The fourth-order valence-corrected chi connectivity index (χ4v) is 3.42. The van der Waals surface area contributed by atoms with Crippen LogP contribution in [0.25, 0.3) is 0 Å².